The quantitative estimate of drug-likeness (QED) is 0.795. The van der Waals surface area contributed by atoms with Crippen molar-refractivity contribution < 1.29 is 9.90 Å². The molecular weight excluding hydrogens is 202 g/mol. The lowest BCUT2D eigenvalue weighted by atomic mass is 10.00. The van der Waals surface area contributed by atoms with Gasteiger partial charge in [0.25, 0.3) is 0 Å². The van der Waals surface area contributed by atoms with E-state index in [9.17, 15) is 9.90 Å². The highest BCUT2D eigenvalue weighted by atomic mass is 16.4. The van der Waals surface area contributed by atoms with Crippen LogP contribution in [0.5, 0.6) is 0 Å². The number of nitrogens with zero attached hydrogens (tertiary/aromatic N) is 1. The van der Waals surface area contributed by atoms with Crippen molar-refractivity contribution in [2.45, 2.75) is 20.8 Å². The molecule has 1 N–H and O–H groups in total. The highest BCUT2D eigenvalue weighted by Gasteiger charge is 2.13. The third-order valence-electron chi connectivity index (χ3n) is 2.73. The Morgan fingerprint density at radius 2 is 1.81 bits per heavy atom. The summed E-state index contributed by atoms with van der Waals surface area (Å²) in [5.74, 6) is -0.899. The first-order valence-electron chi connectivity index (χ1n) is 5.11. The van der Waals surface area contributed by atoms with Crippen LogP contribution < -0.4 is 0 Å². The zero-order valence-corrected chi connectivity index (χ0v) is 9.53. The van der Waals surface area contributed by atoms with Crippen LogP contribution in [0.25, 0.3) is 10.9 Å². The molecule has 0 aliphatic heterocycles. The molecule has 0 spiro atoms. The van der Waals surface area contributed by atoms with E-state index in [1.807, 2.05) is 32.9 Å². The predicted molar refractivity (Wildman–Crippen MR) is 62.9 cm³/mol. The lowest BCUT2D eigenvalue weighted by Gasteiger charge is -2.09. The molecule has 3 heteroatoms. The fourth-order valence-corrected chi connectivity index (χ4v) is 1.94. The molecule has 1 heterocycles. The molecule has 2 rings (SSSR count). The Morgan fingerprint density at radius 1 is 1.19 bits per heavy atom. The number of hydrogen-bond acceptors (Lipinski definition) is 2. The maximum Gasteiger partial charge on any atom is 0.336 e. The van der Waals surface area contributed by atoms with E-state index in [-0.39, 0.29) is 0 Å². The molecule has 2 aromatic rings. The smallest absolute Gasteiger partial charge is 0.336 e. The van der Waals surface area contributed by atoms with Crippen molar-refractivity contribution in [3.05, 3.63) is 40.6 Å². The number of aryl methyl sites for hydroxylation is 3. The van der Waals surface area contributed by atoms with Gasteiger partial charge in [0.05, 0.1) is 11.1 Å². The summed E-state index contributed by atoms with van der Waals surface area (Å²) in [6.07, 6.45) is 0. The first-order chi connectivity index (χ1) is 7.50. The van der Waals surface area contributed by atoms with Gasteiger partial charge in [-0.15, -0.1) is 0 Å². The van der Waals surface area contributed by atoms with E-state index in [2.05, 4.69) is 4.98 Å². The normalized spacial score (nSPS) is 10.7. The van der Waals surface area contributed by atoms with Gasteiger partial charge in [0.15, 0.2) is 0 Å². The lowest BCUT2D eigenvalue weighted by molar-refractivity contribution is 0.0699. The second-order valence-corrected chi connectivity index (χ2v) is 4.04. The third-order valence-corrected chi connectivity index (χ3v) is 2.73. The van der Waals surface area contributed by atoms with Crippen LogP contribution >= 0.6 is 0 Å². The molecule has 0 saturated heterocycles. The van der Waals surface area contributed by atoms with E-state index in [0.29, 0.717) is 5.56 Å². The molecule has 0 unspecified atom stereocenters. The van der Waals surface area contributed by atoms with E-state index in [4.69, 9.17) is 0 Å². The van der Waals surface area contributed by atoms with Gasteiger partial charge in [-0.1, -0.05) is 12.1 Å². The van der Waals surface area contributed by atoms with Crippen molar-refractivity contribution in [1.82, 2.24) is 4.98 Å². The van der Waals surface area contributed by atoms with Gasteiger partial charge < -0.3 is 5.11 Å². The van der Waals surface area contributed by atoms with Crippen molar-refractivity contribution in [1.29, 1.82) is 0 Å². The number of aromatic nitrogens is 1. The Balaban J connectivity index is 3.00. The van der Waals surface area contributed by atoms with E-state index in [0.717, 1.165) is 27.7 Å². The zero-order chi connectivity index (χ0) is 11.9. The Hall–Kier alpha value is -1.90. The SMILES string of the molecule is Cc1cc(C(=O)O)c2c(C)ccc(C)c2n1. The molecule has 0 atom stereocenters. The number of rotatable bonds is 1. The van der Waals surface area contributed by atoms with Crippen LogP contribution in [0.15, 0.2) is 18.2 Å². The van der Waals surface area contributed by atoms with Gasteiger partial charge in [0, 0.05) is 11.1 Å². The number of hydrogen-bond donors (Lipinski definition) is 1. The molecule has 1 aromatic carbocycles. The molecule has 0 fully saturated rings. The Bertz CT molecular complexity index is 588. The Morgan fingerprint density at radius 3 is 2.44 bits per heavy atom. The number of aromatic carboxylic acids is 1. The average molecular weight is 215 g/mol. The fourth-order valence-electron chi connectivity index (χ4n) is 1.94. The maximum atomic E-state index is 11.2. The van der Waals surface area contributed by atoms with Gasteiger partial charge >= 0.3 is 5.97 Å². The fraction of sp³-hybridized carbons (Fsp3) is 0.231. The minimum Gasteiger partial charge on any atom is -0.478 e. The lowest BCUT2D eigenvalue weighted by Crippen LogP contribution is -2.02. The molecular formula is C13H13NO2. The minimum atomic E-state index is -0.899. The molecule has 0 aliphatic carbocycles. The summed E-state index contributed by atoms with van der Waals surface area (Å²) in [6.45, 7) is 5.67. The van der Waals surface area contributed by atoms with Crippen LogP contribution in [0.3, 0.4) is 0 Å². The Labute approximate surface area is 93.7 Å². The summed E-state index contributed by atoms with van der Waals surface area (Å²) in [5.41, 5.74) is 3.82. The van der Waals surface area contributed by atoms with Crippen molar-refractivity contribution in [2.75, 3.05) is 0 Å². The van der Waals surface area contributed by atoms with E-state index in [1.165, 1.54) is 0 Å². The van der Waals surface area contributed by atoms with Crippen LogP contribution in [0.2, 0.25) is 0 Å². The molecule has 0 saturated carbocycles. The first-order valence-corrected chi connectivity index (χ1v) is 5.11. The van der Waals surface area contributed by atoms with E-state index < -0.39 is 5.97 Å². The number of fused-ring (bicyclic) bond motifs is 1. The van der Waals surface area contributed by atoms with Gasteiger partial charge in [-0.25, -0.2) is 4.79 Å². The second-order valence-electron chi connectivity index (χ2n) is 4.04. The first kappa shape index (κ1) is 10.6. The molecule has 0 amide bonds. The highest BCUT2D eigenvalue weighted by molar-refractivity contribution is 6.04. The van der Waals surface area contributed by atoms with Crippen molar-refractivity contribution in [3.63, 3.8) is 0 Å². The van der Waals surface area contributed by atoms with Crippen LogP contribution in [0.1, 0.15) is 27.2 Å². The number of carbonyl (C=O) groups is 1. The van der Waals surface area contributed by atoms with Crippen molar-refractivity contribution in [2.24, 2.45) is 0 Å². The number of pyridine rings is 1. The highest BCUT2D eigenvalue weighted by Crippen LogP contribution is 2.24. The molecule has 1 aromatic heterocycles. The van der Waals surface area contributed by atoms with Gasteiger partial charge in [-0.05, 0) is 38.0 Å². The zero-order valence-electron chi connectivity index (χ0n) is 9.53. The van der Waals surface area contributed by atoms with Crippen LogP contribution in [0, 0.1) is 20.8 Å². The third kappa shape index (κ3) is 1.54. The largest absolute Gasteiger partial charge is 0.478 e. The topological polar surface area (TPSA) is 50.2 Å². The monoisotopic (exact) mass is 215 g/mol. The number of benzene rings is 1. The molecule has 0 radical (unpaired) electrons. The molecule has 3 nitrogen and oxygen atoms in total. The maximum absolute atomic E-state index is 11.2. The van der Waals surface area contributed by atoms with Gasteiger partial charge in [-0.3, -0.25) is 4.98 Å². The summed E-state index contributed by atoms with van der Waals surface area (Å²) in [4.78, 5) is 15.6. The van der Waals surface area contributed by atoms with E-state index >= 15 is 0 Å². The molecule has 0 bridgehead atoms. The van der Waals surface area contributed by atoms with Crippen LogP contribution in [-0.2, 0) is 0 Å². The Kier molecular flexibility index (Phi) is 2.38. The molecule has 0 aliphatic rings. The standard InChI is InChI=1S/C13H13NO2/c1-7-4-5-8(2)12-11(7)10(13(15)16)6-9(3)14-12/h4-6H,1-3H3,(H,15,16). The van der Waals surface area contributed by atoms with Crippen molar-refractivity contribution >= 4 is 16.9 Å². The summed E-state index contributed by atoms with van der Waals surface area (Å²) in [5, 5.41) is 9.94. The van der Waals surface area contributed by atoms with Crippen LogP contribution in [-0.4, -0.2) is 16.1 Å². The number of carboxylic acids is 1. The van der Waals surface area contributed by atoms with Gasteiger partial charge in [0.1, 0.15) is 0 Å². The van der Waals surface area contributed by atoms with Gasteiger partial charge in [-0.2, -0.15) is 0 Å². The molecule has 16 heavy (non-hydrogen) atoms. The number of carboxylic acid groups (broad SMARTS) is 1. The molecule has 82 valence electrons. The summed E-state index contributed by atoms with van der Waals surface area (Å²) >= 11 is 0. The second kappa shape index (κ2) is 3.59. The summed E-state index contributed by atoms with van der Waals surface area (Å²) in [6, 6.07) is 5.52. The average Bonchev–Trinajstić information content (AvgIpc) is 2.22. The minimum absolute atomic E-state index is 0.337. The van der Waals surface area contributed by atoms with Crippen molar-refractivity contribution in [3.8, 4) is 0 Å². The summed E-state index contributed by atoms with van der Waals surface area (Å²) < 4.78 is 0. The van der Waals surface area contributed by atoms with Gasteiger partial charge in [0.2, 0.25) is 0 Å². The predicted octanol–water partition coefficient (Wildman–Crippen LogP) is 2.86. The summed E-state index contributed by atoms with van der Waals surface area (Å²) in [7, 11) is 0. The van der Waals surface area contributed by atoms with Crippen LogP contribution in [0.4, 0.5) is 0 Å². The van der Waals surface area contributed by atoms with E-state index in [1.54, 1.807) is 6.07 Å².